The number of benzene rings is 1. The lowest BCUT2D eigenvalue weighted by atomic mass is 9.95. The summed E-state index contributed by atoms with van der Waals surface area (Å²) in [6.45, 7) is 5.67. The first-order valence-corrected chi connectivity index (χ1v) is 6.03. The van der Waals surface area contributed by atoms with Gasteiger partial charge in [-0.15, -0.1) is 0 Å². The lowest BCUT2D eigenvalue weighted by Crippen LogP contribution is -2.09. The summed E-state index contributed by atoms with van der Waals surface area (Å²) in [4.78, 5) is 12.0. The summed E-state index contributed by atoms with van der Waals surface area (Å²) in [5.41, 5.74) is -1.20. The number of ether oxygens (including phenoxy) is 1. The second kappa shape index (κ2) is 5.69. The van der Waals surface area contributed by atoms with Crippen LogP contribution in [0.3, 0.4) is 0 Å². The summed E-state index contributed by atoms with van der Waals surface area (Å²) in [5, 5.41) is 0. The molecule has 0 bridgehead atoms. The number of ketones is 1. The zero-order valence-corrected chi connectivity index (χ0v) is 11.8. The molecule has 0 N–H and O–H groups in total. The summed E-state index contributed by atoms with van der Waals surface area (Å²) >= 11 is 0. The molecule has 0 aliphatic carbocycles. The first kappa shape index (κ1) is 16.3. The van der Waals surface area contributed by atoms with Crippen molar-refractivity contribution in [3.63, 3.8) is 0 Å². The van der Waals surface area contributed by atoms with Crippen LogP contribution in [0.4, 0.5) is 13.2 Å². The van der Waals surface area contributed by atoms with E-state index in [1.165, 1.54) is 13.2 Å². The average molecular weight is 286 g/mol. The summed E-state index contributed by atoms with van der Waals surface area (Å²) in [6.07, 6.45) is -1.57. The fraction of sp³-hybridized carbons (Fsp3) is 0.400. The molecule has 0 amide bonds. The summed E-state index contributed by atoms with van der Waals surface area (Å²) < 4.78 is 43.0. The molecule has 1 rings (SSSR count). The molecule has 20 heavy (non-hydrogen) atoms. The number of hydrogen-bond donors (Lipinski definition) is 0. The summed E-state index contributed by atoms with van der Waals surface area (Å²) in [7, 11) is 1.31. The van der Waals surface area contributed by atoms with Gasteiger partial charge < -0.3 is 4.74 Å². The number of allylic oxidation sites excluding steroid dienone is 2. The van der Waals surface area contributed by atoms with Gasteiger partial charge in [-0.3, -0.25) is 4.79 Å². The molecule has 0 aliphatic heterocycles. The number of rotatable bonds is 3. The Balaban J connectivity index is 3.21. The van der Waals surface area contributed by atoms with Crippen LogP contribution in [0.2, 0.25) is 0 Å². The third-order valence-electron chi connectivity index (χ3n) is 2.53. The Morgan fingerprint density at radius 1 is 1.20 bits per heavy atom. The molecule has 5 heteroatoms. The maximum absolute atomic E-state index is 12.7. The van der Waals surface area contributed by atoms with Crippen LogP contribution in [-0.4, -0.2) is 12.9 Å². The molecule has 0 unspecified atom stereocenters. The fourth-order valence-electron chi connectivity index (χ4n) is 1.49. The van der Waals surface area contributed by atoms with E-state index in [4.69, 9.17) is 4.74 Å². The van der Waals surface area contributed by atoms with E-state index >= 15 is 0 Å². The van der Waals surface area contributed by atoms with E-state index in [2.05, 4.69) is 0 Å². The van der Waals surface area contributed by atoms with Gasteiger partial charge in [-0.2, -0.15) is 13.2 Å². The van der Waals surface area contributed by atoms with Gasteiger partial charge >= 0.3 is 6.18 Å². The maximum atomic E-state index is 12.7. The van der Waals surface area contributed by atoms with Gasteiger partial charge in [0.1, 0.15) is 5.75 Å². The van der Waals surface area contributed by atoms with Gasteiger partial charge in [-0.05, 0) is 29.7 Å². The third kappa shape index (κ3) is 4.40. The number of carbonyl (C=O) groups excluding carboxylic acids is 1. The van der Waals surface area contributed by atoms with Gasteiger partial charge in [0.25, 0.3) is 0 Å². The molecule has 0 radical (unpaired) electrons. The van der Waals surface area contributed by atoms with Crippen LogP contribution in [0.25, 0.3) is 0 Å². The van der Waals surface area contributed by atoms with Crippen LogP contribution in [-0.2, 0) is 6.18 Å². The van der Waals surface area contributed by atoms with E-state index in [0.29, 0.717) is 0 Å². The molecule has 0 spiro atoms. The van der Waals surface area contributed by atoms with Crippen molar-refractivity contribution >= 4 is 5.78 Å². The molecule has 0 aliphatic rings. The van der Waals surface area contributed by atoms with Crippen LogP contribution in [0.1, 0.15) is 36.7 Å². The van der Waals surface area contributed by atoms with Gasteiger partial charge in [-0.25, -0.2) is 0 Å². The zero-order chi connectivity index (χ0) is 15.6. The molecule has 0 atom stereocenters. The van der Waals surface area contributed by atoms with E-state index in [0.717, 1.165) is 18.2 Å². The minimum absolute atomic E-state index is 0.0946. The van der Waals surface area contributed by atoms with Crippen molar-refractivity contribution in [2.24, 2.45) is 5.41 Å². The molecule has 0 heterocycles. The molecular formula is C15H17F3O2. The van der Waals surface area contributed by atoms with Gasteiger partial charge in [-0.1, -0.05) is 26.8 Å². The van der Waals surface area contributed by atoms with Crippen LogP contribution in [0, 0.1) is 5.41 Å². The SMILES string of the molecule is COc1ccc(C(F)(F)F)cc1C(=O)/C=C/C(C)(C)C. The van der Waals surface area contributed by atoms with Crippen molar-refractivity contribution in [1.82, 2.24) is 0 Å². The Labute approximate surface area is 116 Å². The van der Waals surface area contributed by atoms with Crippen LogP contribution in [0.5, 0.6) is 5.75 Å². The van der Waals surface area contributed by atoms with Gasteiger partial charge in [0.05, 0.1) is 18.2 Å². The van der Waals surface area contributed by atoms with E-state index in [-0.39, 0.29) is 16.7 Å². The van der Waals surface area contributed by atoms with Gasteiger partial charge in [0.15, 0.2) is 5.78 Å². The highest BCUT2D eigenvalue weighted by Gasteiger charge is 2.31. The maximum Gasteiger partial charge on any atom is 0.416 e. The molecule has 0 saturated carbocycles. The second-order valence-corrected chi connectivity index (χ2v) is 5.48. The monoisotopic (exact) mass is 286 g/mol. The van der Waals surface area contributed by atoms with Crippen molar-refractivity contribution in [3.8, 4) is 5.75 Å². The highest BCUT2D eigenvalue weighted by atomic mass is 19.4. The van der Waals surface area contributed by atoms with Crippen LogP contribution < -0.4 is 4.74 Å². The van der Waals surface area contributed by atoms with Gasteiger partial charge in [0, 0.05) is 0 Å². The van der Waals surface area contributed by atoms with Crippen molar-refractivity contribution < 1.29 is 22.7 Å². The summed E-state index contributed by atoms with van der Waals surface area (Å²) in [5.74, 6) is -0.385. The largest absolute Gasteiger partial charge is 0.496 e. The number of carbonyl (C=O) groups is 1. The molecule has 0 fully saturated rings. The Morgan fingerprint density at radius 2 is 1.80 bits per heavy atom. The Kier molecular flexibility index (Phi) is 4.63. The van der Waals surface area contributed by atoms with E-state index in [1.54, 1.807) is 6.08 Å². The number of alkyl halides is 3. The number of hydrogen-bond acceptors (Lipinski definition) is 2. The molecule has 1 aromatic rings. The third-order valence-corrected chi connectivity index (χ3v) is 2.53. The minimum Gasteiger partial charge on any atom is -0.496 e. The highest BCUT2D eigenvalue weighted by Crippen LogP contribution is 2.33. The molecule has 110 valence electrons. The van der Waals surface area contributed by atoms with Crippen molar-refractivity contribution in [2.75, 3.05) is 7.11 Å². The quantitative estimate of drug-likeness (QED) is 0.604. The number of halogens is 3. The topological polar surface area (TPSA) is 26.3 Å². The van der Waals surface area contributed by atoms with E-state index < -0.39 is 17.5 Å². The average Bonchev–Trinajstić information content (AvgIpc) is 2.33. The first-order chi connectivity index (χ1) is 9.04. The first-order valence-electron chi connectivity index (χ1n) is 6.03. The highest BCUT2D eigenvalue weighted by molar-refractivity contribution is 6.06. The lowest BCUT2D eigenvalue weighted by Gasteiger charge is -2.13. The van der Waals surface area contributed by atoms with Crippen molar-refractivity contribution in [2.45, 2.75) is 26.9 Å². The predicted octanol–water partition coefficient (Wildman–Crippen LogP) is 4.50. The molecule has 1 aromatic carbocycles. The Hall–Kier alpha value is -1.78. The summed E-state index contributed by atoms with van der Waals surface area (Å²) in [6, 6.07) is 2.86. The normalized spacial score (nSPS) is 12.8. The molecule has 2 nitrogen and oxygen atoms in total. The van der Waals surface area contributed by atoms with Crippen LogP contribution >= 0.6 is 0 Å². The van der Waals surface area contributed by atoms with Gasteiger partial charge in [0.2, 0.25) is 0 Å². The Morgan fingerprint density at radius 3 is 2.25 bits per heavy atom. The minimum atomic E-state index is -4.49. The lowest BCUT2D eigenvalue weighted by molar-refractivity contribution is -0.137. The van der Waals surface area contributed by atoms with E-state index in [1.807, 2.05) is 20.8 Å². The fourth-order valence-corrected chi connectivity index (χ4v) is 1.49. The number of methoxy groups -OCH3 is 1. The zero-order valence-electron chi connectivity index (χ0n) is 11.8. The predicted molar refractivity (Wildman–Crippen MR) is 70.9 cm³/mol. The van der Waals surface area contributed by atoms with Crippen molar-refractivity contribution in [3.05, 3.63) is 41.5 Å². The second-order valence-electron chi connectivity index (χ2n) is 5.48. The smallest absolute Gasteiger partial charge is 0.416 e. The molecule has 0 aromatic heterocycles. The van der Waals surface area contributed by atoms with Crippen LogP contribution in [0.15, 0.2) is 30.4 Å². The van der Waals surface area contributed by atoms with Crippen molar-refractivity contribution in [1.29, 1.82) is 0 Å². The van der Waals surface area contributed by atoms with E-state index in [9.17, 15) is 18.0 Å². The Bertz CT molecular complexity index is 523. The molecule has 0 saturated heterocycles. The molecular weight excluding hydrogens is 269 g/mol. The standard InChI is InChI=1S/C15H17F3O2/c1-14(2,3)8-7-12(19)11-9-10(15(16,17)18)5-6-13(11)20-4/h5-9H,1-4H3/b8-7+.